The quantitative estimate of drug-likeness (QED) is 0.757. The van der Waals surface area contributed by atoms with Gasteiger partial charge in [0.05, 0.1) is 0 Å². The number of thioether (sulfide) groups is 1. The minimum atomic E-state index is 0.734. The monoisotopic (exact) mass is 250 g/mol. The Balaban J connectivity index is 1.70. The van der Waals surface area contributed by atoms with Crippen molar-refractivity contribution in [1.82, 2.24) is 5.32 Å². The van der Waals surface area contributed by atoms with Gasteiger partial charge in [0.15, 0.2) is 0 Å². The fourth-order valence-corrected chi connectivity index (χ4v) is 2.89. The lowest BCUT2D eigenvalue weighted by molar-refractivity contribution is 0.574. The third kappa shape index (κ3) is 4.25. The summed E-state index contributed by atoms with van der Waals surface area (Å²) in [6, 6.07) is 9.49. The van der Waals surface area contributed by atoms with Gasteiger partial charge in [-0.3, -0.25) is 0 Å². The molecular weight excluding hydrogens is 228 g/mol. The maximum absolute atomic E-state index is 3.53. The molecule has 2 rings (SSSR count). The highest BCUT2D eigenvalue weighted by Crippen LogP contribution is 2.19. The third-order valence-corrected chi connectivity index (χ3v) is 4.04. The molecule has 94 valence electrons. The molecule has 1 aromatic carbocycles. The molecule has 1 heterocycles. The predicted octanol–water partition coefficient (Wildman–Crippen LogP) is 3.35. The molecule has 1 atom stereocenters. The molecule has 0 radical (unpaired) electrons. The van der Waals surface area contributed by atoms with Crippen LogP contribution in [0.4, 0.5) is 5.69 Å². The standard InChI is InChI=1S/C14H22N2S/c1-2-17-14-7-5-13(6-8-14)16-11-9-12-4-3-10-15-12/h5-8,12,15-16H,2-4,9-11H2,1H3. The van der Waals surface area contributed by atoms with Crippen molar-refractivity contribution in [2.45, 2.75) is 37.1 Å². The lowest BCUT2D eigenvalue weighted by atomic mass is 10.1. The molecule has 0 spiro atoms. The number of benzene rings is 1. The van der Waals surface area contributed by atoms with E-state index in [1.54, 1.807) is 0 Å². The van der Waals surface area contributed by atoms with E-state index in [1.807, 2.05) is 11.8 Å². The van der Waals surface area contributed by atoms with Crippen molar-refractivity contribution in [2.24, 2.45) is 0 Å². The van der Waals surface area contributed by atoms with Crippen molar-refractivity contribution in [3.05, 3.63) is 24.3 Å². The van der Waals surface area contributed by atoms with Crippen LogP contribution in [-0.2, 0) is 0 Å². The van der Waals surface area contributed by atoms with Gasteiger partial charge < -0.3 is 10.6 Å². The summed E-state index contributed by atoms with van der Waals surface area (Å²) >= 11 is 1.89. The van der Waals surface area contributed by atoms with E-state index >= 15 is 0 Å². The molecule has 1 unspecified atom stereocenters. The first-order valence-electron chi connectivity index (χ1n) is 6.58. The highest BCUT2D eigenvalue weighted by molar-refractivity contribution is 7.99. The Morgan fingerprint density at radius 1 is 1.35 bits per heavy atom. The van der Waals surface area contributed by atoms with Gasteiger partial charge in [0.2, 0.25) is 0 Å². The first-order chi connectivity index (χ1) is 8.38. The van der Waals surface area contributed by atoms with Gasteiger partial charge in [-0.25, -0.2) is 0 Å². The van der Waals surface area contributed by atoms with Crippen LogP contribution in [0.5, 0.6) is 0 Å². The lowest BCUT2D eigenvalue weighted by Gasteiger charge is -2.11. The molecule has 0 aliphatic carbocycles. The van der Waals surface area contributed by atoms with Crippen LogP contribution in [0.25, 0.3) is 0 Å². The fourth-order valence-electron chi connectivity index (χ4n) is 2.23. The average Bonchev–Trinajstić information content (AvgIpc) is 2.85. The van der Waals surface area contributed by atoms with Crippen molar-refractivity contribution >= 4 is 17.4 Å². The summed E-state index contributed by atoms with van der Waals surface area (Å²) in [5.74, 6) is 1.14. The van der Waals surface area contributed by atoms with E-state index in [0.717, 1.165) is 18.3 Å². The Morgan fingerprint density at radius 3 is 2.82 bits per heavy atom. The molecular formula is C14H22N2S. The average molecular weight is 250 g/mol. The summed E-state index contributed by atoms with van der Waals surface area (Å²) in [6.07, 6.45) is 3.91. The SMILES string of the molecule is CCSc1ccc(NCCC2CCCN2)cc1. The molecule has 17 heavy (non-hydrogen) atoms. The molecule has 0 amide bonds. The molecule has 1 fully saturated rings. The summed E-state index contributed by atoms with van der Waals surface area (Å²) in [4.78, 5) is 1.36. The van der Waals surface area contributed by atoms with E-state index in [1.165, 1.54) is 36.4 Å². The number of hydrogen-bond donors (Lipinski definition) is 2. The number of rotatable bonds is 6. The van der Waals surface area contributed by atoms with Gasteiger partial charge in [-0.15, -0.1) is 11.8 Å². The second-order valence-corrected chi connectivity index (χ2v) is 5.80. The van der Waals surface area contributed by atoms with Crippen molar-refractivity contribution in [1.29, 1.82) is 0 Å². The van der Waals surface area contributed by atoms with E-state index in [0.29, 0.717) is 0 Å². The Bertz CT molecular complexity index is 317. The first-order valence-corrected chi connectivity index (χ1v) is 7.57. The molecule has 0 bridgehead atoms. The Morgan fingerprint density at radius 2 is 2.18 bits per heavy atom. The second-order valence-electron chi connectivity index (χ2n) is 4.47. The molecule has 1 aliphatic rings. The van der Waals surface area contributed by atoms with Crippen LogP contribution >= 0.6 is 11.8 Å². The van der Waals surface area contributed by atoms with Crippen molar-refractivity contribution < 1.29 is 0 Å². The second kappa shape index (κ2) is 6.92. The van der Waals surface area contributed by atoms with Crippen LogP contribution in [0.3, 0.4) is 0 Å². The van der Waals surface area contributed by atoms with Gasteiger partial charge in [-0.1, -0.05) is 6.92 Å². The Kier molecular flexibility index (Phi) is 5.20. The van der Waals surface area contributed by atoms with E-state index in [9.17, 15) is 0 Å². The van der Waals surface area contributed by atoms with Crippen LogP contribution in [0, 0.1) is 0 Å². The normalized spacial score (nSPS) is 19.5. The molecule has 1 aromatic rings. The highest BCUT2D eigenvalue weighted by Gasteiger charge is 2.12. The van der Waals surface area contributed by atoms with E-state index < -0.39 is 0 Å². The molecule has 2 N–H and O–H groups in total. The van der Waals surface area contributed by atoms with E-state index in [4.69, 9.17) is 0 Å². The zero-order valence-electron chi connectivity index (χ0n) is 10.5. The molecule has 2 nitrogen and oxygen atoms in total. The van der Waals surface area contributed by atoms with E-state index in [-0.39, 0.29) is 0 Å². The Hall–Kier alpha value is -0.670. The van der Waals surface area contributed by atoms with Gasteiger partial charge in [0.25, 0.3) is 0 Å². The van der Waals surface area contributed by atoms with Crippen LogP contribution in [0.1, 0.15) is 26.2 Å². The smallest absolute Gasteiger partial charge is 0.0340 e. The van der Waals surface area contributed by atoms with Gasteiger partial charge in [-0.2, -0.15) is 0 Å². The minimum Gasteiger partial charge on any atom is -0.385 e. The maximum atomic E-state index is 3.53. The zero-order valence-corrected chi connectivity index (χ0v) is 11.4. The summed E-state index contributed by atoms with van der Waals surface area (Å²) in [5.41, 5.74) is 1.24. The molecule has 0 aromatic heterocycles. The fraction of sp³-hybridized carbons (Fsp3) is 0.571. The topological polar surface area (TPSA) is 24.1 Å². The molecule has 3 heteroatoms. The Labute approximate surface area is 109 Å². The number of nitrogens with one attached hydrogen (secondary N) is 2. The predicted molar refractivity (Wildman–Crippen MR) is 77.0 cm³/mol. The lowest BCUT2D eigenvalue weighted by Crippen LogP contribution is -2.24. The van der Waals surface area contributed by atoms with Crippen LogP contribution in [-0.4, -0.2) is 24.9 Å². The minimum absolute atomic E-state index is 0.734. The van der Waals surface area contributed by atoms with Gasteiger partial charge in [0, 0.05) is 23.2 Å². The van der Waals surface area contributed by atoms with Crippen LogP contribution in [0.15, 0.2) is 29.2 Å². The first kappa shape index (κ1) is 12.8. The summed E-state index contributed by atoms with van der Waals surface area (Å²) < 4.78 is 0. The summed E-state index contributed by atoms with van der Waals surface area (Å²) in [7, 11) is 0. The van der Waals surface area contributed by atoms with Gasteiger partial charge >= 0.3 is 0 Å². The van der Waals surface area contributed by atoms with Crippen molar-refractivity contribution in [3.63, 3.8) is 0 Å². The largest absolute Gasteiger partial charge is 0.385 e. The number of hydrogen-bond acceptors (Lipinski definition) is 3. The third-order valence-electron chi connectivity index (χ3n) is 3.15. The molecule has 0 saturated carbocycles. The summed E-state index contributed by atoms with van der Waals surface area (Å²) in [6.45, 7) is 4.46. The van der Waals surface area contributed by atoms with Crippen molar-refractivity contribution in [2.75, 3.05) is 24.2 Å². The van der Waals surface area contributed by atoms with Gasteiger partial charge in [-0.05, 0) is 55.8 Å². The highest BCUT2D eigenvalue weighted by atomic mass is 32.2. The van der Waals surface area contributed by atoms with Gasteiger partial charge in [0.1, 0.15) is 0 Å². The van der Waals surface area contributed by atoms with Crippen LogP contribution in [0.2, 0.25) is 0 Å². The van der Waals surface area contributed by atoms with Crippen LogP contribution < -0.4 is 10.6 Å². The maximum Gasteiger partial charge on any atom is 0.0340 e. The molecule has 1 aliphatic heterocycles. The van der Waals surface area contributed by atoms with Crippen molar-refractivity contribution in [3.8, 4) is 0 Å². The molecule has 1 saturated heterocycles. The number of anilines is 1. The summed E-state index contributed by atoms with van der Waals surface area (Å²) in [5, 5.41) is 7.02. The van der Waals surface area contributed by atoms with E-state index in [2.05, 4.69) is 41.8 Å². The zero-order chi connectivity index (χ0) is 11.9.